The van der Waals surface area contributed by atoms with Crippen molar-refractivity contribution in [2.75, 3.05) is 0 Å². The third kappa shape index (κ3) is 4.84. The maximum atomic E-state index is 13.2. The van der Waals surface area contributed by atoms with Gasteiger partial charge in [0.25, 0.3) is 5.56 Å². The van der Waals surface area contributed by atoms with E-state index in [2.05, 4.69) is 10.1 Å². The van der Waals surface area contributed by atoms with Gasteiger partial charge < -0.3 is 4.42 Å². The fraction of sp³-hybridized carbons (Fsp3) is 0.125. The molecule has 35 heavy (non-hydrogen) atoms. The minimum atomic E-state index is -4.43. The van der Waals surface area contributed by atoms with Gasteiger partial charge in [0.05, 0.1) is 15.6 Å². The maximum Gasteiger partial charge on any atom is 0.416 e. The molecule has 3 heterocycles. The highest BCUT2D eigenvalue weighted by Gasteiger charge is 2.32. The summed E-state index contributed by atoms with van der Waals surface area (Å²) in [4.78, 5) is 17.5. The lowest BCUT2D eigenvalue weighted by molar-refractivity contribution is -0.138. The Hall–Kier alpha value is -3.14. The van der Waals surface area contributed by atoms with Crippen molar-refractivity contribution in [3.63, 3.8) is 0 Å². The van der Waals surface area contributed by atoms with E-state index >= 15 is 0 Å². The van der Waals surface area contributed by atoms with Crippen LogP contribution in [0.2, 0.25) is 10.0 Å². The molecule has 5 aromatic rings. The summed E-state index contributed by atoms with van der Waals surface area (Å²) in [6.45, 7) is 0. The number of aromatic nitrogens is 3. The Morgan fingerprint density at radius 2 is 1.83 bits per heavy atom. The van der Waals surface area contributed by atoms with Crippen LogP contribution in [-0.2, 0) is 19.0 Å². The van der Waals surface area contributed by atoms with Gasteiger partial charge in [-0.25, -0.2) is 4.98 Å². The third-order valence-corrected chi connectivity index (χ3v) is 6.97. The van der Waals surface area contributed by atoms with E-state index < -0.39 is 11.7 Å². The molecule has 0 radical (unpaired) electrons. The summed E-state index contributed by atoms with van der Waals surface area (Å²) in [5.74, 6) is 1.32. The van der Waals surface area contributed by atoms with E-state index in [4.69, 9.17) is 27.6 Å². The molecule has 0 saturated carbocycles. The van der Waals surface area contributed by atoms with Gasteiger partial charge >= 0.3 is 6.18 Å². The van der Waals surface area contributed by atoms with Crippen LogP contribution in [-0.4, -0.2) is 14.6 Å². The van der Waals surface area contributed by atoms with E-state index in [0.717, 1.165) is 27.5 Å². The first kappa shape index (κ1) is 23.6. The van der Waals surface area contributed by atoms with Crippen molar-refractivity contribution in [1.82, 2.24) is 14.6 Å². The van der Waals surface area contributed by atoms with Crippen molar-refractivity contribution >= 4 is 45.6 Å². The number of benzene rings is 2. The van der Waals surface area contributed by atoms with Gasteiger partial charge in [-0.15, -0.1) is 5.10 Å². The lowest BCUT2D eigenvalue weighted by atomic mass is 10.0. The van der Waals surface area contributed by atoms with Crippen LogP contribution in [0.25, 0.3) is 22.4 Å². The highest BCUT2D eigenvalue weighted by Crippen LogP contribution is 2.32. The molecule has 0 aliphatic heterocycles. The van der Waals surface area contributed by atoms with Crippen LogP contribution < -0.4 is 10.1 Å². The normalized spacial score (nSPS) is 12.7. The van der Waals surface area contributed by atoms with E-state index in [1.54, 1.807) is 42.5 Å². The van der Waals surface area contributed by atoms with E-state index in [9.17, 15) is 18.0 Å². The monoisotopic (exact) mass is 535 g/mol. The van der Waals surface area contributed by atoms with Crippen molar-refractivity contribution in [3.8, 4) is 11.3 Å². The molecule has 2 aromatic carbocycles. The number of thiazole rings is 1. The van der Waals surface area contributed by atoms with Crippen LogP contribution in [0.4, 0.5) is 13.2 Å². The molecule has 5 rings (SSSR count). The fourth-order valence-electron chi connectivity index (χ4n) is 3.61. The molecule has 0 atom stereocenters. The zero-order chi connectivity index (χ0) is 24.7. The van der Waals surface area contributed by atoms with Crippen LogP contribution in [0, 0.1) is 0 Å². The summed E-state index contributed by atoms with van der Waals surface area (Å²) < 4.78 is 46.9. The summed E-state index contributed by atoms with van der Waals surface area (Å²) >= 11 is 13.1. The molecule has 0 amide bonds. The molecule has 3 aromatic heterocycles. The van der Waals surface area contributed by atoms with Gasteiger partial charge in [0.2, 0.25) is 4.96 Å². The van der Waals surface area contributed by atoms with Crippen LogP contribution in [0.3, 0.4) is 0 Å². The van der Waals surface area contributed by atoms with Crippen LogP contribution in [0.15, 0.2) is 63.8 Å². The third-order valence-electron chi connectivity index (χ3n) is 5.27. The summed E-state index contributed by atoms with van der Waals surface area (Å²) in [5.41, 5.74) is -0.168. The molecule has 0 N–H and O–H groups in total. The topological polar surface area (TPSA) is 60.4 Å². The molecular weight excluding hydrogens is 522 g/mol. The van der Waals surface area contributed by atoms with Crippen LogP contribution in [0.1, 0.15) is 22.7 Å². The molecule has 0 bridgehead atoms. The molecule has 0 fully saturated rings. The van der Waals surface area contributed by atoms with E-state index in [0.29, 0.717) is 36.9 Å². The number of halogens is 5. The summed E-state index contributed by atoms with van der Waals surface area (Å²) in [5, 5.41) is 5.03. The molecule has 0 saturated heterocycles. The van der Waals surface area contributed by atoms with E-state index in [1.165, 1.54) is 12.1 Å². The van der Waals surface area contributed by atoms with Gasteiger partial charge in [-0.3, -0.25) is 4.79 Å². The first-order chi connectivity index (χ1) is 16.7. The Kier molecular flexibility index (Phi) is 6.16. The second-order valence-corrected chi connectivity index (χ2v) is 9.45. The molecular formula is C24H14Cl2F3N3O2S. The van der Waals surface area contributed by atoms with Crippen molar-refractivity contribution in [1.29, 1.82) is 0 Å². The quantitative estimate of drug-likeness (QED) is 0.274. The maximum absolute atomic E-state index is 13.2. The second kappa shape index (κ2) is 9.14. The predicted octanol–water partition coefficient (Wildman–Crippen LogP) is 6.07. The Bertz CT molecular complexity index is 1660. The lowest BCUT2D eigenvalue weighted by Gasteiger charge is -2.11. The van der Waals surface area contributed by atoms with Gasteiger partial charge in [0.1, 0.15) is 16.1 Å². The number of hydrogen-bond donors (Lipinski definition) is 0. The summed E-state index contributed by atoms with van der Waals surface area (Å²) in [7, 11) is 0. The van der Waals surface area contributed by atoms with Crippen molar-refractivity contribution in [2.45, 2.75) is 19.0 Å². The molecule has 0 aliphatic rings. The number of aryl methyl sites for hydroxylation is 2. The van der Waals surface area contributed by atoms with Crippen LogP contribution in [0.5, 0.6) is 0 Å². The van der Waals surface area contributed by atoms with Gasteiger partial charge in [-0.05, 0) is 48.4 Å². The number of furan rings is 1. The Balaban J connectivity index is 1.38. The lowest BCUT2D eigenvalue weighted by Crippen LogP contribution is -2.23. The highest BCUT2D eigenvalue weighted by atomic mass is 35.5. The average Bonchev–Trinajstić information content (AvgIpc) is 3.51. The Morgan fingerprint density at radius 3 is 2.57 bits per heavy atom. The number of hydrogen-bond acceptors (Lipinski definition) is 5. The molecule has 11 heteroatoms. The van der Waals surface area contributed by atoms with Crippen molar-refractivity contribution in [2.24, 2.45) is 0 Å². The number of nitrogens with zero attached hydrogens (tertiary/aromatic N) is 3. The smallest absolute Gasteiger partial charge is 0.416 e. The fourth-order valence-corrected chi connectivity index (χ4v) is 4.81. The zero-order valence-corrected chi connectivity index (χ0v) is 20.0. The molecule has 0 spiro atoms. The summed E-state index contributed by atoms with van der Waals surface area (Å²) in [6, 6.07) is 14.0. The largest absolute Gasteiger partial charge is 0.457 e. The first-order valence-electron chi connectivity index (χ1n) is 10.3. The van der Waals surface area contributed by atoms with Crippen molar-refractivity contribution in [3.05, 3.63) is 102 Å². The molecule has 0 unspecified atom stereocenters. The SMILES string of the molecule is O=c1/c(=C/c2ccc(-c3ccc(Cl)c(Cl)c3)o2)sc2nc(CCc3ccccc3C(F)(F)F)nn12. The summed E-state index contributed by atoms with van der Waals surface area (Å²) in [6.07, 6.45) is -2.57. The average molecular weight is 536 g/mol. The van der Waals surface area contributed by atoms with Gasteiger partial charge in [0.15, 0.2) is 5.82 Å². The predicted molar refractivity (Wildman–Crippen MR) is 129 cm³/mol. The van der Waals surface area contributed by atoms with Crippen LogP contribution >= 0.6 is 34.5 Å². The van der Waals surface area contributed by atoms with E-state index in [-0.39, 0.29) is 24.0 Å². The number of fused-ring (bicyclic) bond motifs is 1. The zero-order valence-electron chi connectivity index (χ0n) is 17.6. The standard InChI is InChI=1S/C24H14Cl2F3N3O2S/c25-17-8-5-14(11-18(17)26)19-9-7-15(34-19)12-20-22(33)32-23(35-20)30-21(31-32)10-6-13-3-1-2-4-16(13)24(27,28)29/h1-5,7-9,11-12H,6,10H2/b20-12-. The minimum absolute atomic E-state index is 0.102. The first-order valence-corrected chi connectivity index (χ1v) is 11.9. The van der Waals surface area contributed by atoms with E-state index in [1.807, 2.05) is 0 Å². The molecule has 178 valence electrons. The number of alkyl halides is 3. The Morgan fingerprint density at radius 1 is 1.03 bits per heavy atom. The Labute approximate surface area is 210 Å². The van der Waals surface area contributed by atoms with Gasteiger partial charge in [0, 0.05) is 18.1 Å². The molecule has 0 aliphatic carbocycles. The highest BCUT2D eigenvalue weighted by molar-refractivity contribution is 7.15. The second-order valence-electron chi connectivity index (χ2n) is 7.62. The molecule has 5 nitrogen and oxygen atoms in total. The minimum Gasteiger partial charge on any atom is -0.457 e. The van der Waals surface area contributed by atoms with Gasteiger partial charge in [-0.1, -0.05) is 52.7 Å². The van der Waals surface area contributed by atoms with Crippen molar-refractivity contribution < 1.29 is 17.6 Å². The number of rotatable bonds is 5. The van der Waals surface area contributed by atoms with Gasteiger partial charge in [-0.2, -0.15) is 17.7 Å².